The van der Waals surface area contributed by atoms with E-state index in [4.69, 9.17) is 4.74 Å². The van der Waals surface area contributed by atoms with Crippen LogP contribution in [0.15, 0.2) is 18.2 Å². The minimum atomic E-state index is -0.326. The Morgan fingerprint density at radius 1 is 1.50 bits per heavy atom. The van der Waals surface area contributed by atoms with Crippen molar-refractivity contribution in [3.8, 4) is 5.75 Å². The van der Waals surface area contributed by atoms with E-state index in [1.807, 2.05) is 26.2 Å². The van der Waals surface area contributed by atoms with Crippen LogP contribution in [-0.4, -0.2) is 37.6 Å². The molecule has 1 amide bonds. The smallest absolute Gasteiger partial charge is 0.263 e. The summed E-state index contributed by atoms with van der Waals surface area (Å²) in [7, 11) is 3.72. The first kappa shape index (κ1) is 12.9. The fraction of sp³-hybridized carbons (Fsp3) is 0.500. The van der Waals surface area contributed by atoms with Crippen molar-refractivity contribution in [3.05, 3.63) is 29.3 Å². The Morgan fingerprint density at radius 3 is 2.89 bits per heavy atom. The maximum Gasteiger partial charge on any atom is 0.263 e. The summed E-state index contributed by atoms with van der Waals surface area (Å²) in [4.78, 5) is 13.5. The zero-order chi connectivity index (χ0) is 13.1. The van der Waals surface area contributed by atoms with Gasteiger partial charge in [-0.25, -0.2) is 0 Å². The van der Waals surface area contributed by atoms with Gasteiger partial charge in [0, 0.05) is 32.1 Å². The van der Waals surface area contributed by atoms with Crippen LogP contribution in [0.5, 0.6) is 5.75 Å². The minimum Gasteiger partial charge on any atom is -0.480 e. The number of hydrogen-bond acceptors (Lipinski definition) is 3. The van der Waals surface area contributed by atoms with E-state index in [1.165, 1.54) is 5.56 Å². The molecule has 1 aromatic carbocycles. The van der Waals surface area contributed by atoms with Gasteiger partial charge in [0.15, 0.2) is 6.10 Å². The molecule has 0 aliphatic carbocycles. The molecule has 4 nitrogen and oxygen atoms in total. The van der Waals surface area contributed by atoms with Crippen molar-refractivity contribution in [3.63, 3.8) is 0 Å². The number of benzene rings is 1. The van der Waals surface area contributed by atoms with Gasteiger partial charge in [0.05, 0.1) is 0 Å². The largest absolute Gasteiger partial charge is 0.480 e. The molecule has 4 heteroatoms. The highest BCUT2D eigenvalue weighted by Crippen LogP contribution is 2.24. The van der Waals surface area contributed by atoms with Gasteiger partial charge in [-0.05, 0) is 20.0 Å². The number of nitrogens with zero attached hydrogens (tertiary/aromatic N) is 1. The Balaban J connectivity index is 2.16. The van der Waals surface area contributed by atoms with E-state index in [1.54, 1.807) is 4.90 Å². The zero-order valence-electron chi connectivity index (χ0n) is 11.2. The third-order valence-corrected chi connectivity index (χ3v) is 3.23. The van der Waals surface area contributed by atoms with Gasteiger partial charge in [-0.15, -0.1) is 0 Å². The first-order valence-corrected chi connectivity index (χ1v) is 6.27. The van der Waals surface area contributed by atoms with Crippen LogP contribution in [0.1, 0.15) is 17.5 Å². The molecule has 1 unspecified atom stereocenters. The highest BCUT2D eigenvalue weighted by atomic mass is 16.5. The molecule has 1 atom stereocenters. The average molecular weight is 248 g/mol. The van der Waals surface area contributed by atoms with E-state index < -0.39 is 0 Å². The van der Waals surface area contributed by atoms with Gasteiger partial charge >= 0.3 is 0 Å². The fourth-order valence-corrected chi connectivity index (χ4v) is 2.20. The second-order valence-electron chi connectivity index (χ2n) is 4.80. The number of aryl methyl sites for hydroxylation is 1. The number of carbonyl (C=O) groups excluding carboxylic acids is 1. The monoisotopic (exact) mass is 248 g/mol. The molecule has 0 bridgehead atoms. The lowest BCUT2D eigenvalue weighted by Crippen LogP contribution is -2.29. The molecule has 0 saturated carbocycles. The Kier molecular flexibility index (Phi) is 3.87. The molecule has 1 saturated heterocycles. The normalized spacial score (nSPS) is 19.4. The lowest BCUT2D eigenvalue weighted by atomic mass is 10.1. The van der Waals surface area contributed by atoms with Crippen molar-refractivity contribution in [2.45, 2.75) is 26.0 Å². The Bertz CT molecular complexity index is 445. The van der Waals surface area contributed by atoms with E-state index in [2.05, 4.69) is 18.3 Å². The maximum absolute atomic E-state index is 11.8. The van der Waals surface area contributed by atoms with Gasteiger partial charge in [-0.1, -0.05) is 17.7 Å². The van der Waals surface area contributed by atoms with Crippen LogP contribution in [0.3, 0.4) is 0 Å². The Hall–Kier alpha value is -1.55. The first-order valence-electron chi connectivity index (χ1n) is 6.27. The SMILES string of the molecule is CNCc1cc(C)ccc1OC1CCN(C)C1=O. The highest BCUT2D eigenvalue weighted by Gasteiger charge is 2.31. The summed E-state index contributed by atoms with van der Waals surface area (Å²) in [6.45, 7) is 3.57. The predicted molar refractivity (Wildman–Crippen MR) is 70.6 cm³/mol. The molecular weight excluding hydrogens is 228 g/mol. The van der Waals surface area contributed by atoms with E-state index in [-0.39, 0.29) is 12.0 Å². The van der Waals surface area contributed by atoms with Gasteiger partial charge in [0.2, 0.25) is 0 Å². The van der Waals surface area contributed by atoms with Gasteiger partial charge in [-0.3, -0.25) is 4.79 Å². The van der Waals surface area contributed by atoms with Gasteiger partial charge in [-0.2, -0.15) is 0 Å². The molecule has 1 N–H and O–H groups in total. The number of carbonyl (C=O) groups is 1. The van der Waals surface area contributed by atoms with Crippen LogP contribution >= 0.6 is 0 Å². The lowest BCUT2D eigenvalue weighted by Gasteiger charge is -2.16. The van der Waals surface area contributed by atoms with Crippen molar-refractivity contribution >= 4 is 5.91 Å². The zero-order valence-corrected chi connectivity index (χ0v) is 11.2. The van der Waals surface area contributed by atoms with Crippen LogP contribution in [0.25, 0.3) is 0 Å². The molecule has 0 radical (unpaired) electrons. The van der Waals surface area contributed by atoms with Crippen LogP contribution in [0.2, 0.25) is 0 Å². The molecular formula is C14H20N2O2. The summed E-state index contributed by atoms with van der Waals surface area (Å²) in [6, 6.07) is 6.06. The summed E-state index contributed by atoms with van der Waals surface area (Å²) in [5.41, 5.74) is 2.29. The minimum absolute atomic E-state index is 0.0750. The van der Waals surface area contributed by atoms with Gasteiger partial charge < -0.3 is 15.0 Å². The number of hydrogen-bond donors (Lipinski definition) is 1. The van der Waals surface area contributed by atoms with Crippen LogP contribution in [0, 0.1) is 6.92 Å². The van der Waals surface area contributed by atoms with E-state index >= 15 is 0 Å². The van der Waals surface area contributed by atoms with E-state index in [0.29, 0.717) is 0 Å². The van der Waals surface area contributed by atoms with Gasteiger partial charge in [0.1, 0.15) is 5.75 Å². The van der Waals surface area contributed by atoms with Crippen molar-refractivity contribution in [1.82, 2.24) is 10.2 Å². The molecule has 2 rings (SSSR count). The molecule has 98 valence electrons. The predicted octanol–water partition coefficient (Wildman–Crippen LogP) is 1.32. The molecule has 1 aliphatic heterocycles. The number of nitrogens with one attached hydrogen (secondary N) is 1. The number of rotatable bonds is 4. The van der Waals surface area contributed by atoms with Crippen LogP contribution < -0.4 is 10.1 Å². The summed E-state index contributed by atoms with van der Waals surface area (Å²) in [6.07, 6.45) is 0.440. The number of likely N-dealkylation sites (tertiary alicyclic amines) is 1. The van der Waals surface area contributed by atoms with Crippen molar-refractivity contribution in [2.75, 3.05) is 20.6 Å². The van der Waals surface area contributed by atoms with Gasteiger partial charge in [0.25, 0.3) is 5.91 Å². The Labute approximate surface area is 108 Å². The molecule has 0 aromatic heterocycles. The van der Waals surface area contributed by atoms with Crippen LogP contribution in [0.4, 0.5) is 0 Å². The number of amides is 1. The second-order valence-corrected chi connectivity index (χ2v) is 4.80. The summed E-state index contributed by atoms with van der Waals surface area (Å²) < 4.78 is 5.87. The number of likely N-dealkylation sites (N-methyl/N-ethyl adjacent to an activating group) is 1. The molecule has 18 heavy (non-hydrogen) atoms. The first-order chi connectivity index (χ1) is 8.61. The lowest BCUT2D eigenvalue weighted by molar-refractivity contribution is -0.132. The molecule has 1 aromatic rings. The van der Waals surface area contributed by atoms with Crippen LogP contribution in [-0.2, 0) is 11.3 Å². The fourth-order valence-electron chi connectivity index (χ4n) is 2.20. The topological polar surface area (TPSA) is 41.6 Å². The quantitative estimate of drug-likeness (QED) is 0.874. The molecule has 0 spiro atoms. The van der Waals surface area contributed by atoms with E-state index in [9.17, 15) is 4.79 Å². The Morgan fingerprint density at radius 2 is 2.28 bits per heavy atom. The maximum atomic E-state index is 11.8. The van der Waals surface area contributed by atoms with Crippen molar-refractivity contribution in [1.29, 1.82) is 0 Å². The second kappa shape index (κ2) is 5.40. The standard InChI is InChI=1S/C14H20N2O2/c1-10-4-5-12(11(8-10)9-15-2)18-13-6-7-16(3)14(13)17/h4-5,8,13,15H,6-7,9H2,1-3H3. The molecule has 1 aliphatic rings. The molecule has 1 heterocycles. The number of ether oxygens (including phenoxy) is 1. The molecule has 1 fully saturated rings. The average Bonchev–Trinajstić information content (AvgIpc) is 2.65. The van der Waals surface area contributed by atoms with Crippen molar-refractivity contribution in [2.24, 2.45) is 0 Å². The third kappa shape index (κ3) is 2.64. The van der Waals surface area contributed by atoms with E-state index in [0.717, 1.165) is 30.8 Å². The van der Waals surface area contributed by atoms with Crippen molar-refractivity contribution < 1.29 is 9.53 Å². The summed E-state index contributed by atoms with van der Waals surface area (Å²) in [5.74, 6) is 0.884. The highest BCUT2D eigenvalue weighted by molar-refractivity contribution is 5.83. The summed E-state index contributed by atoms with van der Waals surface area (Å²) >= 11 is 0. The third-order valence-electron chi connectivity index (χ3n) is 3.23. The summed E-state index contributed by atoms with van der Waals surface area (Å²) in [5, 5.41) is 3.12.